The zero-order chi connectivity index (χ0) is 10.1. The van der Waals surface area contributed by atoms with Crippen LogP contribution >= 0.6 is 15.9 Å². The molecule has 0 aliphatic carbocycles. The van der Waals surface area contributed by atoms with E-state index in [0.29, 0.717) is 11.1 Å². The summed E-state index contributed by atoms with van der Waals surface area (Å²) in [5.41, 5.74) is -0.103. The third-order valence-electron chi connectivity index (χ3n) is 2.05. The van der Waals surface area contributed by atoms with E-state index in [1.54, 1.807) is 19.4 Å². The Morgan fingerprint density at radius 3 is 2.93 bits per heavy atom. The van der Waals surface area contributed by atoms with Crippen molar-refractivity contribution >= 4 is 26.7 Å². The molecule has 14 heavy (non-hydrogen) atoms. The Hall–Kier alpha value is -1.29. The molecule has 2 aromatic rings. The summed E-state index contributed by atoms with van der Waals surface area (Å²) in [6.45, 7) is 0. The summed E-state index contributed by atoms with van der Waals surface area (Å²) in [5, 5.41) is 1.52. The Morgan fingerprint density at radius 1 is 1.43 bits per heavy atom. The lowest BCUT2D eigenvalue weighted by Gasteiger charge is -2.04. The number of hydrogen-bond acceptors (Lipinski definition) is 2. The van der Waals surface area contributed by atoms with E-state index in [0.717, 1.165) is 9.86 Å². The predicted molar refractivity (Wildman–Crippen MR) is 58.8 cm³/mol. The fourth-order valence-corrected chi connectivity index (χ4v) is 1.87. The maximum absolute atomic E-state index is 11.4. The van der Waals surface area contributed by atoms with Crippen LogP contribution in [0.2, 0.25) is 0 Å². The molecular formula is C10H8BrNO2. The van der Waals surface area contributed by atoms with Gasteiger partial charge in [-0.15, -0.1) is 0 Å². The Morgan fingerprint density at radius 2 is 2.21 bits per heavy atom. The lowest BCUT2D eigenvalue weighted by Crippen LogP contribution is -2.04. The van der Waals surface area contributed by atoms with Crippen molar-refractivity contribution in [1.82, 2.24) is 4.98 Å². The zero-order valence-electron chi connectivity index (χ0n) is 7.50. The highest BCUT2D eigenvalue weighted by atomic mass is 79.9. The first kappa shape index (κ1) is 9.27. The molecule has 0 radical (unpaired) electrons. The van der Waals surface area contributed by atoms with Gasteiger partial charge in [-0.05, 0) is 39.5 Å². The summed E-state index contributed by atoms with van der Waals surface area (Å²) in [4.78, 5) is 14.1. The van der Waals surface area contributed by atoms with Gasteiger partial charge in [0, 0.05) is 6.20 Å². The summed E-state index contributed by atoms with van der Waals surface area (Å²) in [7, 11) is 1.57. The molecule has 0 amide bonds. The molecule has 0 bridgehead atoms. The number of halogens is 1. The summed E-state index contributed by atoms with van der Waals surface area (Å²) in [6, 6.07) is 5.43. The molecule has 4 heteroatoms. The summed E-state index contributed by atoms with van der Waals surface area (Å²) in [5.74, 6) is 0.661. The third kappa shape index (κ3) is 1.42. The zero-order valence-corrected chi connectivity index (χ0v) is 9.09. The second-order valence-corrected chi connectivity index (χ2v) is 3.74. The number of benzene rings is 1. The normalized spacial score (nSPS) is 10.4. The first-order valence-corrected chi connectivity index (χ1v) is 4.86. The molecule has 0 aliphatic heterocycles. The van der Waals surface area contributed by atoms with Gasteiger partial charge in [-0.3, -0.25) is 4.79 Å². The fraction of sp³-hybridized carbons (Fsp3) is 0.100. The topological polar surface area (TPSA) is 42.1 Å². The van der Waals surface area contributed by atoms with E-state index >= 15 is 0 Å². The van der Waals surface area contributed by atoms with Crippen LogP contribution in [0.3, 0.4) is 0 Å². The first-order valence-electron chi connectivity index (χ1n) is 4.07. The van der Waals surface area contributed by atoms with Crippen LogP contribution in [0.4, 0.5) is 0 Å². The van der Waals surface area contributed by atoms with Gasteiger partial charge in [0.25, 0.3) is 5.56 Å². The Kier molecular flexibility index (Phi) is 2.29. The van der Waals surface area contributed by atoms with E-state index < -0.39 is 0 Å². The fourth-order valence-electron chi connectivity index (χ4n) is 1.34. The van der Waals surface area contributed by atoms with E-state index in [9.17, 15) is 4.79 Å². The lowest BCUT2D eigenvalue weighted by molar-refractivity contribution is 0.413. The molecule has 0 spiro atoms. The number of nitrogens with one attached hydrogen (secondary N) is 1. The van der Waals surface area contributed by atoms with E-state index in [-0.39, 0.29) is 5.56 Å². The third-order valence-corrected chi connectivity index (χ3v) is 2.67. The van der Waals surface area contributed by atoms with Gasteiger partial charge in [0.1, 0.15) is 5.75 Å². The molecule has 0 atom stereocenters. The standard InChI is InChI=1S/C10H8BrNO2/c1-14-9-5-7-6(4-8(9)11)2-3-12-10(7)13/h2-5H,1H3,(H,12,13). The van der Waals surface area contributed by atoms with Crippen LogP contribution in [0.15, 0.2) is 33.7 Å². The van der Waals surface area contributed by atoms with Crippen molar-refractivity contribution in [3.63, 3.8) is 0 Å². The van der Waals surface area contributed by atoms with E-state index in [1.165, 1.54) is 0 Å². The Balaban J connectivity index is 2.87. The Labute approximate surface area is 88.8 Å². The lowest BCUT2D eigenvalue weighted by atomic mass is 10.2. The van der Waals surface area contributed by atoms with E-state index in [2.05, 4.69) is 20.9 Å². The number of aromatic nitrogens is 1. The van der Waals surface area contributed by atoms with Gasteiger partial charge < -0.3 is 9.72 Å². The largest absolute Gasteiger partial charge is 0.496 e. The molecule has 0 aliphatic rings. The van der Waals surface area contributed by atoms with Crippen LogP contribution in [-0.2, 0) is 0 Å². The quantitative estimate of drug-likeness (QED) is 0.848. The van der Waals surface area contributed by atoms with Crippen molar-refractivity contribution in [1.29, 1.82) is 0 Å². The van der Waals surface area contributed by atoms with Crippen molar-refractivity contribution in [3.05, 3.63) is 39.2 Å². The number of hydrogen-bond donors (Lipinski definition) is 1. The van der Waals surface area contributed by atoms with Gasteiger partial charge in [-0.25, -0.2) is 0 Å². The number of aromatic amines is 1. The molecule has 0 unspecified atom stereocenters. The average molecular weight is 254 g/mol. The second kappa shape index (κ2) is 3.46. The highest BCUT2D eigenvalue weighted by molar-refractivity contribution is 9.10. The number of H-pyrrole nitrogens is 1. The van der Waals surface area contributed by atoms with Crippen LogP contribution in [0.25, 0.3) is 10.8 Å². The molecule has 1 N–H and O–H groups in total. The highest BCUT2D eigenvalue weighted by Crippen LogP contribution is 2.28. The van der Waals surface area contributed by atoms with Gasteiger partial charge in [0.05, 0.1) is 17.0 Å². The maximum Gasteiger partial charge on any atom is 0.255 e. The molecule has 1 heterocycles. The molecule has 0 saturated heterocycles. The monoisotopic (exact) mass is 253 g/mol. The van der Waals surface area contributed by atoms with Crippen LogP contribution in [0.5, 0.6) is 5.75 Å². The van der Waals surface area contributed by atoms with Gasteiger partial charge in [-0.2, -0.15) is 0 Å². The van der Waals surface area contributed by atoms with Gasteiger partial charge in [0.15, 0.2) is 0 Å². The molecule has 0 saturated carbocycles. The molecule has 3 nitrogen and oxygen atoms in total. The van der Waals surface area contributed by atoms with E-state index in [4.69, 9.17) is 4.74 Å². The average Bonchev–Trinajstić information content (AvgIpc) is 2.17. The van der Waals surface area contributed by atoms with Crippen LogP contribution in [-0.4, -0.2) is 12.1 Å². The molecule has 2 rings (SSSR count). The van der Waals surface area contributed by atoms with Gasteiger partial charge in [0.2, 0.25) is 0 Å². The minimum absolute atomic E-state index is 0.103. The molecule has 1 aromatic carbocycles. The van der Waals surface area contributed by atoms with Crippen LogP contribution in [0.1, 0.15) is 0 Å². The summed E-state index contributed by atoms with van der Waals surface area (Å²) < 4.78 is 5.95. The van der Waals surface area contributed by atoms with Crippen LogP contribution < -0.4 is 10.3 Å². The molecular weight excluding hydrogens is 246 g/mol. The number of fused-ring (bicyclic) bond motifs is 1. The second-order valence-electron chi connectivity index (χ2n) is 2.88. The van der Waals surface area contributed by atoms with Crippen molar-refractivity contribution in [2.75, 3.05) is 7.11 Å². The highest BCUT2D eigenvalue weighted by Gasteiger charge is 2.04. The molecule has 72 valence electrons. The number of ether oxygens (including phenoxy) is 1. The Bertz CT molecular complexity index is 533. The van der Waals surface area contributed by atoms with Crippen LogP contribution in [0, 0.1) is 0 Å². The SMILES string of the molecule is COc1cc2c(=O)[nH]ccc2cc1Br. The number of rotatable bonds is 1. The minimum Gasteiger partial charge on any atom is -0.496 e. The smallest absolute Gasteiger partial charge is 0.255 e. The number of pyridine rings is 1. The van der Waals surface area contributed by atoms with Crippen molar-refractivity contribution in [2.45, 2.75) is 0 Å². The summed E-state index contributed by atoms with van der Waals surface area (Å²) in [6.07, 6.45) is 1.63. The van der Waals surface area contributed by atoms with Gasteiger partial charge in [-0.1, -0.05) is 0 Å². The molecule has 0 fully saturated rings. The summed E-state index contributed by atoms with van der Waals surface area (Å²) >= 11 is 3.36. The first-order chi connectivity index (χ1) is 6.72. The predicted octanol–water partition coefficient (Wildman–Crippen LogP) is 2.30. The van der Waals surface area contributed by atoms with E-state index in [1.807, 2.05) is 12.1 Å². The van der Waals surface area contributed by atoms with Crippen molar-refractivity contribution < 1.29 is 4.74 Å². The van der Waals surface area contributed by atoms with Gasteiger partial charge >= 0.3 is 0 Å². The maximum atomic E-state index is 11.4. The minimum atomic E-state index is -0.103. The number of methoxy groups -OCH3 is 1. The molecule has 1 aromatic heterocycles. The van der Waals surface area contributed by atoms with Crippen molar-refractivity contribution in [2.24, 2.45) is 0 Å². The van der Waals surface area contributed by atoms with Crippen molar-refractivity contribution in [3.8, 4) is 5.75 Å².